The van der Waals surface area contributed by atoms with Crippen molar-refractivity contribution >= 4 is 46.3 Å². The van der Waals surface area contributed by atoms with Crippen LogP contribution in [-0.2, 0) is 56.9 Å². The van der Waals surface area contributed by atoms with Crippen LogP contribution in [0.1, 0.15) is 124 Å². The predicted octanol–water partition coefficient (Wildman–Crippen LogP) is 5.84. The van der Waals surface area contributed by atoms with Crippen molar-refractivity contribution in [1.82, 2.24) is 19.7 Å². The zero-order valence-electron chi connectivity index (χ0n) is 51.8. The average Bonchev–Trinajstić information content (AvgIpc) is 3.14. The molecule has 1 aromatic carbocycles. The van der Waals surface area contributed by atoms with Gasteiger partial charge in [0, 0.05) is 75.3 Å². The Morgan fingerprint density at radius 3 is 2.23 bits per heavy atom. The summed E-state index contributed by atoms with van der Waals surface area (Å²) in [6.07, 6.45) is -4.68. The van der Waals surface area contributed by atoms with Crippen LogP contribution in [0.5, 0.6) is 0 Å². The molecule has 4 aliphatic heterocycles. The number of likely N-dealkylation sites (N-methyl/N-ethyl adjacent to an activating group) is 2. The summed E-state index contributed by atoms with van der Waals surface area (Å²) >= 11 is 6.59. The van der Waals surface area contributed by atoms with E-state index in [4.69, 9.17) is 63.7 Å². The highest BCUT2D eigenvalue weighted by Gasteiger charge is 2.58. The van der Waals surface area contributed by atoms with Crippen LogP contribution in [0, 0.1) is 17.8 Å². The lowest BCUT2D eigenvalue weighted by molar-refractivity contribution is -0.320. The van der Waals surface area contributed by atoms with Gasteiger partial charge in [-0.1, -0.05) is 32.4 Å². The molecule has 24 heteroatoms. The third-order valence-corrected chi connectivity index (χ3v) is 18.2. The van der Waals surface area contributed by atoms with Gasteiger partial charge in [0.05, 0.1) is 90.8 Å². The normalized spacial score (nSPS) is 36.6. The number of fused-ring (bicyclic) bond motifs is 2. The minimum atomic E-state index is -1.59. The maximum absolute atomic E-state index is 14.8. The van der Waals surface area contributed by atoms with E-state index >= 15 is 0 Å². The van der Waals surface area contributed by atoms with Gasteiger partial charge in [0.15, 0.2) is 24.3 Å². The van der Waals surface area contributed by atoms with Crippen LogP contribution in [0.25, 0.3) is 10.9 Å². The number of ether oxygens (including phenoxy) is 11. The first-order chi connectivity index (χ1) is 39.6. The maximum atomic E-state index is 14.8. The highest BCUT2D eigenvalue weighted by Crippen LogP contribution is 2.43. The van der Waals surface area contributed by atoms with Gasteiger partial charge >= 0.3 is 18.1 Å². The Bertz CT molecular complexity index is 2590. The van der Waals surface area contributed by atoms with E-state index in [1.54, 1.807) is 40.0 Å². The number of anilines is 1. The molecular weight excluding hydrogens is 1110 g/mol. The quantitative estimate of drug-likeness (QED) is 0.0646. The summed E-state index contributed by atoms with van der Waals surface area (Å²) in [7, 11) is 7.31. The van der Waals surface area contributed by atoms with Gasteiger partial charge in [-0.05, 0) is 120 Å². The van der Waals surface area contributed by atoms with Gasteiger partial charge in [-0.2, -0.15) is 0 Å². The molecule has 5 N–H and O–H groups in total. The number of carboxylic acids is 1. The number of halogens is 1. The molecule has 23 nitrogen and oxygen atoms in total. The van der Waals surface area contributed by atoms with Gasteiger partial charge in [0.2, 0.25) is 5.43 Å². The van der Waals surface area contributed by atoms with Gasteiger partial charge in [0.1, 0.15) is 23.9 Å². The molecule has 5 aliphatic rings. The summed E-state index contributed by atoms with van der Waals surface area (Å²) in [4.78, 5) is 56.6. The van der Waals surface area contributed by atoms with Crippen LogP contribution in [0.4, 0.5) is 10.5 Å². The predicted molar refractivity (Wildman–Crippen MR) is 312 cm³/mol. The van der Waals surface area contributed by atoms with Crippen molar-refractivity contribution in [2.24, 2.45) is 17.8 Å². The number of aliphatic hydroxyl groups excluding tert-OH is 1. The molecule has 84 heavy (non-hydrogen) atoms. The summed E-state index contributed by atoms with van der Waals surface area (Å²) in [6, 6.07) is 2.78. The van der Waals surface area contributed by atoms with Gasteiger partial charge in [-0.15, -0.1) is 0 Å². The Hall–Kier alpha value is -3.79. The molecule has 18 atom stereocenters. The highest BCUT2D eigenvalue weighted by atomic mass is 35.5. The van der Waals surface area contributed by atoms with E-state index in [-0.39, 0.29) is 48.6 Å². The summed E-state index contributed by atoms with van der Waals surface area (Å²) in [6.45, 7) is 22.3. The smallest absolute Gasteiger partial charge is 0.477 e. The molecule has 0 radical (unpaired) electrons. The number of esters is 1. The lowest BCUT2D eigenvalue weighted by atomic mass is 9.77. The van der Waals surface area contributed by atoms with Gasteiger partial charge in [-0.3, -0.25) is 14.5 Å². The number of hydrogen-bond donors (Lipinski definition) is 5. The average molecular weight is 1210 g/mol. The molecule has 5 fully saturated rings. The topological polar surface area (TPSA) is 266 Å². The second-order valence-corrected chi connectivity index (χ2v) is 25.4. The maximum Gasteiger partial charge on any atom is 0.509 e. The summed E-state index contributed by atoms with van der Waals surface area (Å²) in [5.74, 6) is -3.85. The Kier molecular flexibility index (Phi) is 23.4. The molecule has 4 saturated heterocycles. The largest absolute Gasteiger partial charge is 0.509 e. The van der Waals surface area contributed by atoms with Crippen molar-refractivity contribution in [2.45, 2.75) is 204 Å². The minimum Gasteiger partial charge on any atom is -0.477 e. The highest BCUT2D eigenvalue weighted by molar-refractivity contribution is 6.34. The van der Waals surface area contributed by atoms with Crippen molar-refractivity contribution in [2.75, 3.05) is 92.8 Å². The Balaban J connectivity index is 0.952. The van der Waals surface area contributed by atoms with Crippen molar-refractivity contribution < 1.29 is 81.8 Å². The Labute approximate surface area is 499 Å². The number of aromatic carboxylic acids is 1. The van der Waals surface area contributed by atoms with Gasteiger partial charge in [0.25, 0.3) is 0 Å². The molecule has 7 rings (SSSR count). The number of aliphatic hydroxyl groups is 2. The third-order valence-electron chi connectivity index (χ3n) is 17.9. The van der Waals surface area contributed by atoms with Gasteiger partial charge < -0.3 is 87.5 Å². The van der Waals surface area contributed by atoms with Crippen LogP contribution in [0.15, 0.2) is 23.1 Å². The molecule has 0 spiro atoms. The number of nitrogens with zero attached hydrogens (tertiary/aromatic N) is 3. The van der Waals surface area contributed by atoms with E-state index in [0.717, 1.165) is 12.8 Å². The van der Waals surface area contributed by atoms with Crippen LogP contribution in [0.3, 0.4) is 0 Å². The molecule has 0 bridgehead atoms. The minimum absolute atomic E-state index is 0.150. The first-order valence-corrected chi connectivity index (χ1v) is 30.4. The van der Waals surface area contributed by atoms with Crippen LogP contribution in [-0.4, -0.2) is 226 Å². The van der Waals surface area contributed by atoms with E-state index in [0.29, 0.717) is 93.7 Å². The number of carbonyl (C=O) groups excluding carboxylic acids is 2. The van der Waals surface area contributed by atoms with Crippen LogP contribution < -0.4 is 16.1 Å². The van der Waals surface area contributed by atoms with Crippen molar-refractivity contribution in [3.05, 3.63) is 39.1 Å². The number of methoxy groups -OCH3 is 1. The second kappa shape index (κ2) is 29.0. The molecule has 476 valence electrons. The number of aromatic nitrogens is 1. The fraction of sp³-hybridized carbons (Fsp3) is 0.800. The lowest BCUT2D eigenvalue weighted by Gasteiger charge is -2.49. The van der Waals surface area contributed by atoms with E-state index in [1.807, 2.05) is 79.1 Å². The Morgan fingerprint density at radius 1 is 0.905 bits per heavy atom. The number of rotatable bonds is 23. The molecule has 1 saturated carbocycles. The molecular formula is C60H96ClN5O18. The van der Waals surface area contributed by atoms with E-state index in [1.165, 1.54) is 6.20 Å². The molecule has 2 aromatic rings. The number of nitrogens with one attached hydrogen (secondary N) is 2. The summed E-state index contributed by atoms with van der Waals surface area (Å²) in [5.41, 5.74) is -3.55. The van der Waals surface area contributed by atoms with Crippen molar-refractivity contribution in [1.29, 1.82) is 0 Å². The van der Waals surface area contributed by atoms with Crippen LogP contribution >= 0.6 is 11.6 Å². The number of hydrogen-bond acceptors (Lipinski definition) is 21. The molecule has 1 aromatic heterocycles. The second-order valence-electron chi connectivity index (χ2n) is 25.0. The third kappa shape index (κ3) is 15.9. The van der Waals surface area contributed by atoms with E-state index in [2.05, 4.69) is 15.5 Å². The fourth-order valence-corrected chi connectivity index (χ4v) is 13.3. The summed E-state index contributed by atoms with van der Waals surface area (Å²) < 4.78 is 71.1. The van der Waals surface area contributed by atoms with E-state index < -0.39 is 107 Å². The Morgan fingerprint density at radius 2 is 1.58 bits per heavy atom. The molecule has 0 amide bonds. The zero-order valence-corrected chi connectivity index (χ0v) is 52.5. The number of pyridine rings is 1. The first kappa shape index (κ1) is 67.7. The van der Waals surface area contributed by atoms with Crippen molar-refractivity contribution in [3.63, 3.8) is 0 Å². The SMILES string of the molecule is CC[C@H]1OC(=O)[C@H](C)[C@@H](O[C@H]2C[C@@](C)(OC)[C@@H](OCCNCCOCCOCCNc3cc4c(=O)c(C(=O)O)cn(C5CC5)c4cc3Cl)[C@H](C)O2)[C@H](C)[C@H](O[C@@H]2O[C@H](C)C[C@H](N(C)C)[C@H]2O)[C@](C)(O)C[C@@H](C)CN(C)[C@H](C)[C@@H]2OC(=O)O[C@]12C. The molecule has 0 unspecified atom stereocenters. The van der Waals surface area contributed by atoms with E-state index in [9.17, 15) is 34.5 Å². The summed E-state index contributed by atoms with van der Waals surface area (Å²) in [5, 5.41) is 41.6. The lowest BCUT2D eigenvalue weighted by Crippen LogP contribution is -2.61. The van der Waals surface area contributed by atoms with Crippen LogP contribution in [0.2, 0.25) is 5.02 Å². The van der Waals surface area contributed by atoms with Crippen molar-refractivity contribution in [3.8, 4) is 0 Å². The molecule has 1 aliphatic carbocycles. The molecule has 5 heterocycles. The number of cyclic esters (lactones) is 1. The number of carboxylic acid groups (broad SMARTS) is 1. The standard InChI is InChI=1S/C60H96ClN5O18/c1-15-46-60(10)52(83-57(72)84-60)37(6)65(13)31-33(2)29-58(8,73)51(82-56-49(68)45(64(11)12)26-34(3)78-56)35(4)50(36(5)55(71)80-46)81-47-30-59(9,74-14)53(38(7)79-47)77-23-19-62-18-21-75-24-25-76-22-20-63-43-27-40-44(28-42(43)61)66(39-16-17-39)32-41(48(40)67)54(69)70/h27-28,32-39,45-47,49-53,56,62-63,68,73H,15-26,29-31H2,1-14H3,(H,69,70)/t33-,34-,35+,36-,37-,38+,45+,46-,47+,49-,50+,51+,52+,53+,56+,58-,59-,60-/m1/s1. The van der Waals surface area contributed by atoms with Gasteiger partial charge in [-0.25, -0.2) is 9.59 Å². The zero-order chi connectivity index (χ0) is 61.6. The first-order valence-electron chi connectivity index (χ1n) is 30.0. The monoisotopic (exact) mass is 1210 g/mol. The number of benzene rings is 1. The number of carbonyl (C=O) groups is 3. The fourth-order valence-electron chi connectivity index (χ4n) is 13.1.